The lowest BCUT2D eigenvalue weighted by Crippen LogP contribution is -2.31. The zero-order chi connectivity index (χ0) is 19.4. The summed E-state index contributed by atoms with van der Waals surface area (Å²) in [5.74, 6) is 0.169. The van der Waals surface area contributed by atoms with Crippen LogP contribution in [0.15, 0.2) is 38.0 Å². The molecule has 0 aliphatic rings. The number of benzene rings is 1. The van der Waals surface area contributed by atoms with Gasteiger partial charge in [0.2, 0.25) is 5.82 Å². The van der Waals surface area contributed by atoms with E-state index in [-0.39, 0.29) is 18.3 Å². The van der Waals surface area contributed by atoms with E-state index in [4.69, 9.17) is 13.7 Å². The standard InChI is InChI=1S/C18H20N4O5/c1-11-8-16(23)26-14-9-12(4-5-13(11)14)25-10-15-20-18(27-21-15)17(24)19-6-7-22(2)3/h4-5,8-9H,6-7,10H2,1-3H3,(H,19,24). The fraction of sp³-hybridized carbons (Fsp3) is 0.333. The van der Waals surface area contributed by atoms with E-state index in [1.165, 1.54) is 6.07 Å². The Labute approximate surface area is 154 Å². The van der Waals surface area contributed by atoms with Gasteiger partial charge in [0, 0.05) is 30.6 Å². The van der Waals surface area contributed by atoms with Gasteiger partial charge >= 0.3 is 17.4 Å². The molecule has 1 aromatic carbocycles. The Morgan fingerprint density at radius 2 is 2.11 bits per heavy atom. The average molecular weight is 372 g/mol. The van der Waals surface area contributed by atoms with E-state index >= 15 is 0 Å². The number of nitrogens with one attached hydrogen (secondary N) is 1. The summed E-state index contributed by atoms with van der Waals surface area (Å²) in [7, 11) is 3.82. The third kappa shape index (κ3) is 4.70. The summed E-state index contributed by atoms with van der Waals surface area (Å²) in [6.07, 6.45) is 0. The molecule has 0 unspecified atom stereocenters. The van der Waals surface area contributed by atoms with Crippen molar-refractivity contribution >= 4 is 16.9 Å². The highest BCUT2D eigenvalue weighted by molar-refractivity contribution is 5.89. The number of fused-ring (bicyclic) bond motifs is 1. The van der Waals surface area contributed by atoms with Crippen LogP contribution in [0, 0.1) is 6.92 Å². The predicted molar refractivity (Wildman–Crippen MR) is 96.7 cm³/mol. The van der Waals surface area contributed by atoms with Gasteiger partial charge in [0.25, 0.3) is 0 Å². The third-order valence-corrected chi connectivity index (χ3v) is 3.80. The Morgan fingerprint density at radius 3 is 2.89 bits per heavy atom. The van der Waals surface area contributed by atoms with Gasteiger partial charge in [-0.1, -0.05) is 5.16 Å². The molecule has 0 aliphatic carbocycles. The number of ether oxygens (including phenoxy) is 1. The number of carbonyl (C=O) groups is 1. The maximum absolute atomic E-state index is 11.9. The molecule has 0 saturated heterocycles. The molecule has 2 heterocycles. The van der Waals surface area contributed by atoms with Crippen LogP contribution in [0.4, 0.5) is 0 Å². The fourth-order valence-corrected chi connectivity index (χ4v) is 2.42. The SMILES string of the molecule is Cc1cc(=O)oc2cc(OCc3noc(C(=O)NCCN(C)C)n3)ccc12. The number of nitrogens with zero attached hydrogens (tertiary/aromatic N) is 3. The summed E-state index contributed by atoms with van der Waals surface area (Å²) in [5, 5.41) is 7.25. The summed E-state index contributed by atoms with van der Waals surface area (Å²) < 4.78 is 15.7. The molecule has 0 saturated carbocycles. The van der Waals surface area contributed by atoms with Crippen LogP contribution in [0.25, 0.3) is 11.0 Å². The van der Waals surface area contributed by atoms with E-state index < -0.39 is 11.5 Å². The normalized spacial score (nSPS) is 11.1. The van der Waals surface area contributed by atoms with Crippen molar-refractivity contribution in [3.8, 4) is 5.75 Å². The highest BCUT2D eigenvalue weighted by atomic mass is 16.5. The van der Waals surface area contributed by atoms with Crippen molar-refractivity contribution in [2.75, 3.05) is 27.2 Å². The van der Waals surface area contributed by atoms with Crippen LogP contribution in [0.2, 0.25) is 0 Å². The molecule has 0 spiro atoms. The molecular formula is C18H20N4O5. The molecule has 0 radical (unpaired) electrons. The molecule has 0 aliphatic heterocycles. The molecular weight excluding hydrogens is 352 g/mol. The monoisotopic (exact) mass is 372 g/mol. The second-order valence-electron chi connectivity index (χ2n) is 6.27. The average Bonchev–Trinajstić information content (AvgIpc) is 3.08. The van der Waals surface area contributed by atoms with Gasteiger partial charge in [0.1, 0.15) is 11.3 Å². The minimum Gasteiger partial charge on any atom is -0.485 e. The van der Waals surface area contributed by atoms with Gasteiger partial charge in [-0.05, 0) is 38.7 Å². The minimum absolute atomic E-state index is 0.00995. The quantitative estimate of drug-likeness (QED) is 0.619. The van der Waals surface area contributed by atoms with Crippen LogP contribution < -0.4 is 15.7 Å². The molecule has 3 rings (SSSR count). The zero-order valence-electron chi connectivity index (χ0n) is 15.3. The van der Waals surface area contributed by atoms with Crippen molar-refractivity contribution in [2.45, 2.75) is 13.5 Å². The smallest absolute Gasteiger partial charge is 0.336 e. The van der Waals surface area contributed by atoms with Gasteiger partial charge in [0.15, 0.2) is 6.61 Å². The van der Waals surface area contributed by atoms with E-state index in [2.05, 4.69) is 15.5 Å². The number of aryl methyl sites for hydroxylation is 1. The van der Waals surface area contributed by atoms with Gasteiger partial charge in [-0.3, -0.25) is 4.79 Å². The second kappa shape index (κ2) is 8.00. The number of amides is 1. The van der Waals surface area contributed by atoms with Crippen molar-refractivity contribution in [3.63, 3.8) is 0 Å². The van der Waals surface area contributed by atoms with E-state index in [0.29, 0.717) is 24.4 Å². The number of likely N-dealkylation sites (N-methyl/N-ethyl adjacent to an activating group) is 1. The first-order valence-corrected chi connectivity index (χ1v) is 8.35. The molecule has 0 bridgehead atoms. The lowest BCUT2D eigenvalue weighted by atomic mass is 10.1. The van der Waals surface area contributed by atoms with Crippen molar-refractivity contribution in [3.05, 3.63) is 52.0 Å². The van der Waals surface area contributed by atoms with E-state index in [1.807, 2.05) is 32.0 Å². The number of rotatable bonds is 7. The first-order valence-electron chi connectivity index (χ1n) is 8.35. The summed E-state index contributed by atoms with van der Waals surface area (Å²) in [6.45, 7) is 3.02. The molecule has 3 aromatic rings. The minimum atomic E-state index is -0.432. The van der Waals surface area contributed by atoms with Crippen molar-refractivity contribution in [1.82, 2.24) is 20.4 Å². The van der Waals surface area contributed by atoms with E-state index in [0.717, 1.165) is 10.9 Å². The number of hydrogen-bond acceptors (Lipinski definition) is 8. The highest BCUT2D eigenvalue weighted by Crippen LogP contribution is 2.22. The number of carbonyl (C=O) groups excluding carboxylic acids is 1. The first kappa shape index (κ1) is 18.6. The van der Waals surface area contributed by atoms with Gasteiger partial charge in [-0.15, -0.1) is 0 Å². The van der Waals surface area contributed by atoms with Gasteiger partial charge in [-0.2, -0.15) is 4.98 Å². The largest absolute Gasteiger partial charge is 0.485 e. The Hall–Kier alpha value is -3.20. The topological polar surface area (TPSA) is 111 Å². The summed E-state index contributed by atoms with van der Waals surface area (Å²) in [6, 6.07) is 6.62. The summed E-state index contributed by atoms with van der Waals surface area (Å²) >= 11 is 0. The number of hydrogen-bond donors (Lipinski definition) is 1. The maximum atomic E-state index is 11.9. The summed E-state index contributed by atoms with van der Waals surface area (Å²) in [5.41, 5.74) is 0.850. The predicted octanol–water partition coefficient (Wildman–Crippen LogP) is 1.35. The Morgan fingerprint density at radius 1 is 1.30 bits per heavy atom. The molecule has 0 fully saturated rings. The van der Waals surface area contributed by atoms with Gasteiger partial charge < -0.3 is 23.9 Å². The lowest BCUT2D eigenvalue weighted by Gasteiger charge is -2.08. The van der Waals surface area contributed by atoms with Crippen LogP contribution in [-0.2, 0) is 6.61 Å². The van der Waals surface area contributed by atoms with Crippen LogP contribution in [0.5, 0.6) is 5.75 Å². The first-order chi connectivity index (χ1) is 12.9. The molecule has 9 heteroatoms. The molecule has 2 aromatic heterocycles. The van der Waals surface area contributed by atoms with Gasteiger partial charge in [-0.25, -0.2) is 4.79 Å². The summed E-state index contributed by atoms with van der Waals surface area (Å²) in [4.78, 5) is 29.4. The molecule has 142 valence electrons. The third-order valence-electron chi connectivity index (χ3n) is 3.80. The maximum Gasteiger partial charge on any atom is 0.336 e. The second-order valence-corrected chi connectivity index (χ2v) is 6.27. The Balaban J connectivity index is 1.62. The van der Waals surface area contributed by atoms with Crippen molar-refractivity contribution in [2.24, 2.45) is 0 Å². The molecule has 27 heavy (non-hydrogen) atoms. The van der Waals surface area contributed by atoms with Gasteiger partial charge in [0.05, 0.1) is 0 Å². The van der Waals surface area contributed by atoms with E-state index in [9.17, 15) is 9.59 Å². The van der Waals surface area contributed by atoms with Crippen molar-refractivity contribution < 1.29 is 18.5 Å². The molecule has 1 N–H and O–H groups in total. The molecule has 9 nitrogen and oxygen atoms in total. The number of aromatic nitrogens is 2. The van der Waals surface area contributed by atoms with Crippen molar-refractivity contribution in [1.29, 1.82) is 0 Å². The molecule has 1 amide bonds. The van der Waals surface area contributed by atoms with Crippen LogP contribution in [0.3, 0.4) is 0 Å². The van der Waals surface area contributed by atoms with Crippen LogP contribution in [0.1, 0.15) is 22.1 Å². The Bertz CT molecular complexity index is 1010. The Kier molecular flexibility index (Phi) is 5.51. The molecule has 0 atom stereocenters. The van der Waals surface area contributed by atoms with Crippen LogP contribution >= 0.6 is 0 Å². The van der Waals surface area contributed by atoms with Crippen LogP contribution in [-0.4, -0.2) is 48.1 Å². The fourth-order valence-electron chi connectivity index (χ4n) is 2.42. The lowest BCUT2D eigenvalue weighted by molar-refractivity contribution is 0.0907. The highest BCUT2D eigenvalue weighted by Gasteiger charge is 2.15. The van der Waals surface area contributed by atoms with E-state index in [1.54, 1.807) is 12.1 Å². The zero-order valence-corrected chi connectivity index (χ0v) is 15.3.